The fourth-order valence-electron chi connectivity index (χ4n) is 6.62. The molecular weight excluding hydrogens is 578 g/mol. The van der Waals surface area contributed by atoms with Gasteiger partial charge in [-0.25, -0.2) is 0 Å². The van der Waals surface area contributed by atoms with Crippen molar-refractivity contribution in [3.63, 3.8) is 0 Å². The molecule has 3 unspecified atom stereocenters. The third-order valence-corrected chi connectivity index (χ3v) is 9.08. The first kappa shape index (κ1) is 30.3. The van der Waals surface area contributed by atoms with Crippen LogP contribution in [0.2, 0.25) is 0 Å². The monoisotopic (exact) mass is 617 g/mol. The zero-order valence-electron chi connectivity index (χ0n) is 23.3. The van der Waals surface area contributed by atoms with E-state index < -0.39 is 29.6 Å². The average Bonchev–Trinajstić information content (AvgIpc) is 3.54. The van der Waals surface area contributed by atoms with Crippen molar-refractivity contribution < 1.29 is 29.0 Å². The van der Waals surface area contributed by atoms with Gasteiger partial charge in [-0.05, 0) is 49.9 Å². The SMILES string of the molecule is C=CCN(CCC)C(=O)[C@H]1[C@H]2C(=O)N(CCCCO)C(C(=O)N(CC=C)c3ccc(OC)cc3)C23CC(Br)[C@@H]1O3. The lowest BCUT2D eigenvalue weighted by Gasteiger charge is -2.37. The predicted molar refractivity (Wildman–Crippen MR) is 156 cm³/mol. The normalized spacial score (nSPS) is 28.4. The molecule has 0 aromatic heterocycles. The van der Waals surface area contributed by atoms with Gasteiger partial charge in [0.15, 0.2) is 0 Å². The number of rotatable bonds is 14. The highest BCUT2D eigenvalue weighted by molar-refractivity contribution is 9.09. The molecule has 2 bridgehead atoms. The summed E-state index contributed by atoms with van der Waals surface area (Å²) in [5.74, 6) is -1.48. The van der Waals surface area contributed by atoms with Crippen molar-refractivity contribution >= 4 is 39.3 Å². The van der Waals surface area contributed by atoms with Crippen LogP contribution in [0.1, 0.15) is 32.6 Å². The Morgan fingerprint density at radius 2 is 1.90 bits per heavy atom. The van der Waals surface area contributed by atoms with Gasteiger partial charge in [-0.2, -0.15) is 0 Å². The maximum atomic E-state index is 14.5. The molecule has 218 valence electrons. The molecule has 3 fully saturated rings. The lowest BCUT2D eigenvalue weighted by atomic mass is 9.70. The van der Waals surface area contributed by atoms with Crippen molar-refractivity contribution in [1.29, 1.82) is 0 Å². The fraction of sp³-hybridized carbons (Fsp3) is 0.567. The molecule has 40 heavy (non-hydrogen) atoms. The second kappa shape index (κ2) is 12.9. The number of likely N-dealkylation sites (tertiary alicyclic amines) is 1. The minimum Gasteiger partial charge on any atom is -0.497 e. The van der Waals surface area contributed by atoms with Crippen LogP contribution in [0, 0.1) is 11.8 Å². The van der Waals surface area contributed by atoms with E-state index in [1.165, 1.54) is 0 Å². The molecule has 10 heteroatoms. The summed E-state index contributed by atoms with van der Waals surface area (Å²) in [6.07, 6.45) is 5.04. The number of methoxy groups -OCH3 is 1. The van der Waals surface area contributed by atoms with Gasteiger partial charge >= 0.3 is 0 Å². The Kier molecular flexibility index (Phi) is 9.74. The van der Waals surface area contributed by atoms with Gasteiger partial charge in [0.1, 0.15) is 17.4 Å². The van der Waals surface area contributed by atoms with Crippen molar-refractivity contribution in [1.82, 2.24) is 9.80 Å². The second-order valence-electron chi connectivity index (χ2n) is 10.6. The van der Waals surface area contributed by atoms with Crippen LogP contribution in [-0.2, 0) is 19.1 Å². The molecule has 4 rings (SSSR count). The van der Waals surface area contributed by atoms with E-state index in [-0.39, 0.29) is 42.2 Å². The van der Waals surface area contributed by atoms with E-state index in [0.717, 1.165) is 6.42 Å². The molecule has 1 aromatic carbocycles. The molecule has 3 heterocycles. The third kappa shape index (κ3) is 5.21. The fourth-order valence-corrected chi connectivity index (χ4v) is 7.56. The van der Waals surface area contributed by atoms with Gasteiger partial charge in [0.05, 0.1) is 25.0 Å². The molecule has 1 aromatic rings. The van der Waals surface area contributed by atoms with Gasteiger partial charge < -0.3 is 29.3 Å². The Bertz CT molecular complexity index is 1110. The zero-order chi connectivity index (χ0) is 29.0. The maximum Gasteiger partial charge on any atom is 0.253 e. The Morgan fingerprint density at radius 1 is 1.20 bits per heavy atom. The average molecular weight is 619 g/mol. The Morgan fingerprint density at radius 3 is 2.50 bits per heavy atom. The minimum atomic E-state index is -1.15. The quantitative estimate of drug-likeness (QED) is 0.196. The number of nitrogens with zero attached hydrogens (tertiary/aromatic N) is 3. The third-order valence-electron chi connectivity index (χ3n) is 8.23. The second-order valence-corrected chi connectivity index (χ2v) is 11.8. The van der Waals surface area contributed by atoms with E-state index in [1.54, 1.807) is 58.2 Å². The van der Waals surface area contributed by atoms with E-state index in [0.29, 0.717) is 43.8 Å². The van der Waals surface area contributed by atoms with E-state index >= 15 is 0 Å². The maximum absolute atomic E-state index is 14.5. The number of benzene rings is 1. The standard InChI is InChI=1S/C30H40BrN3O6/c1-5-14-32(15-6-2)27(36)23-24-28(37)34(17-8-9-18-35)26(30(24)19-22(31)25(23)40-30)29(38)33(16-7-3)20-10-12-21(39-4)13-11-20/h5,7,10-13,22-26,35H,1,3,6,8-9,14-19H2,2,4H3/t22?,23-,24-,25-,26?,30?/m0/s1. The summed E-state index contributed by atoms with van der Waals surface area (Å²) in [6, 6.07) is 6.23. The molecule has 0 radical (unpaired) electrons. The number of hydrogen-bond acceptors (Lipinski definition) is 6. The van der Waals surface area contributed by atoms with Gasteiger partial charge in [-0.1, -0.05) is 35.0 Å². The molecule has 0 saturated carbocycles. The van der Waals surface area contributed by atoms with Crippen LogP contribution in [0.4, 0.5) is 5.69 Å². The lowest BCUT2D eigenvalue weighted by Crippen LogP contribution is -2.57. The molecular formula is C30H40BrN3O6. The molecule has 3 saturated heterocycles. The van der Waals surface area contributed by atoms with E-state index in [9.17, 15) is 19.5 Å². The van der Waals surface area contributed by atoms with Gasteiger partial charge in [-0.15, -0.1) is 13.2 Å². The highest BCUT2D eigenvalue weighted by atomic mass is 79.9. The largest absolute Gasteiger partial charge is 0.497 e. The van der Waals surface area contributed by atoms with Crippen molar-refractivity contribution in [3.8, 4) is 5.75 Å². The van der Waals surface area contributed by atoms with Crippen LogP contribution in [0.3, 0.4) is 0 Å². The number of anilines is 1. The topological polar surface area (TPSA) is 99.6 Å². The zero-order valence-corrected chi connectivity index (χ0v) is 24.9. The van der Waals surface area contributed by atoms with Crippen molar-refractivity contribution in [2.75, 3.05) is 44.8 Å². The lowest BCUT2D eigenvalue weighted by molar-refractivity contribution is -0.145. The number of aliphatic hydroxyl groups is 1. The van der Waals surface area contributed by atoms with Crippen molar-refractivity contribution in [3.05, 3.63) is 49.6 Å². The van der Waals surface area contributed by atoms with Crippen LogP contribution < -0.4 is 9.64 Å². The molecule has 1 N–H and O–H groups in total. The predicted octanol–water partition coefficient (Wildman–Crippen LogP) is 3.16. The number of carbonyl (C=O) groups excluding carboxylic acids is 3. The molecule has 3 aliphatic rings. The Balaban J connectivity index is 1.77. The number of ether oxygens (including phenoxy) is 2. The minimum absolute atomic E-state index is 0.0135. The summed E-state index contributed by atoms with van der Waals surface area (Å²) < 4.78 is 11.9. The summed E-state index contributed by atoms with van der Waals surface area (Å²) in [6.45, 7) is 11.1. The Hall–Kier alpha value is -2.69. The first-order valence-electron chi connectivity index (χ1n) is 14.0. The van der Waals surface area contributed by atoms with Crippen LogP contribution in [0.15, 0.2) is 49.6 Å². The smallest absolute Gasteiger partial charge is 0.253 e. The summed E-state index contributed by atoms with van der Waals surface area (Å²) in [5.41, 5.74) is -0.506. The van der Waals surface area contributed by atoms with Gasteiger partial charge in [0.2, 0.25) is 11.8 Å². The van der Waals surface area contributed by atoms with Gasteiger partial charge in [0.25, 0.3) is 5.91 Å². The highest BCUT2D eigenvalue weighted by Crippen LogP contribution is 2.60. The van der Waals surface area contributed by atoms with E-state index in [2.05, 4.69) is 29.1 Å². The van der Waals surface area contributed by atoms with Crippen molar-refractivity contribution in [2.24, 2.45) is 11.8 Å². The number of halogens is 1. The number of amides is 3. The number of unbranched alkanes of at least 4 members (excludes halogenated alkanes) is 1. The number of hydrogen-bond donors (Lipinski definition) is 1. The van der Waals surface area contributed by atoms with Crippen molar-refractivity contribution in [2.45, 2.75) is 55.2 Å². The van der Waals surface area contributed by atoms with Gasteiger partial charge in [-0.3, -0.25) is 14.4 Å². The van der Waals surface area contributed by atoms with E-state index in [4.69, 9.17) is 9.47 Å². The van der Waals surface area contributed by atoms with Gasteiger partial charge in [0, 0.05) is 43.3 Å². The first-order valence-corrected chi connectivity index (χ1v) is 14.9. The summed E-state index contributed by atoms with van der Waals surface area (Å²) in [5, 5.41) is 9.42. The number of carbonyl (C=O) groups is 3. The summed E-state index contributed by atoms with van der Waals surface area (Å²) in [7, 11) is 1.58. The molecule has 9 nitrogen and oxygen atoms in total. The van der Waals surface area contributed by atoms with Crippen LogP contribution in [0.25, 0.3) is 0 Å². The van der Waals surface area contributed by atoms with Crippen LogP contribution >= 0.6 is 15.9 Å². The molecule has 3 aliphatic heterocycles. The summed E-state index contributed by atoms with van der Waals surface area (Å²) in [4.78, 5) is 47.5. The number of alkyl halides is 1. The molecule has 3 amide bonds. The van der Waals surface area contributed by atoms with Crippen LogP contribution in [-0.4, -0.2) is 95.1 Å². The molecule has 1 spiro atoms. The molecule has 6 atom stereocenters. The van der Waals surface area contributed by atoms with Crippen LogP contribution in [0.5, 0.6) is 5.75 Å². The Labute approximate surface area is 244 Å². The first-order chi connectivity index (χ1) is 19.3. The summed E-state index contributed by atoms with van der Waals surface area (Å²) >= 11 is 3.74. The highest BCUT2D eigenvalue weighted by Gasteiger charge is 2.76. The molecule has 0 aliphatic carbocycles. The number of fused-ring (bicyclic) bond motifs is 1. The number of aliphatic hydroxyl groups excluding tert-OH is 1. The van der Waals surface area contributed by atoms with E-state index in [1.807, 2.05) is 6.92 Å².